The number of nitrogens with zero attached hydrogens (tertiary/aromatic N) is 1. The first-order chi connectivity index (χ1) is 3.77. The van der Waals surface area contributed by atoms with Gasteiger partial charge < -0.3 is 5.73 Å². The third-order valence-corrected chi connectivity index (χ3v) is 0.870. The molecule has 0 bridgehead atoms. The second kappa shape index (κ2) is 4.99. The van der Waals surface area contributed by atoms with Crippen LogP contribution in [0.2, 0.25) is 0 Å². The van der Waals surface area contributed by atoms with Gasteiger partial charge in [-0.2, -0.15) is 5.12 Å². The van der Waals surface area contributed by atoms with E-state index >= 15 is 0 Å². The van der Waals surface area contributed by atoms with E-state index in [2.05, 4.69) is 0 Å². The van der Waals surface area contributed by atoms with Crippen molar-refractivity contribution in [3.8, 4) is 0 Å². The molecule has 0 aliphatic rings. The molecule has 0 aromatic carbocycles. The number of hydrogen-bond acceptors (Lipinski definition) is 4. The topological polar surface area (TPSA) is 81.3 Å². The van der Waals surface area contributed by atoms with Gasteiger partial charge in [-0.3, -0.25) is 11.7 Å². The average Bonchev–Trinajstić information content (AvgIpc) is 1.66. The van der Waals surface area contributed by atoms with E-state index in [0.29, 0.717) is 6.54 Å². The number of hydrogen-bond donors (Lipinski definition) is 3. The van der Waals surface area contributed by atoms with Crippen LogP contribution in [0.4, 0.5) is 0 Å². The van der Waals surface area contributed by atoms with Crippen LogP contribution in [0.3, 0.4) is 0 Å². The SMILES string of the molecule is NCCCCN(N)N. The van der Waals surface area contributed by atoms with E-state index in [1.165, 1.54) is 5.12 Å². The molecule has 4 heteroatoms. The monoisotopic (exact) mass is 118 g/mol. The van der Waals surface area contributed by atoms with Gasteiger partial charge in [0.05, 0.1) is 0 Å². The van der Waals surface area contributed by atoms with Crippen LogP contribution in [-0.2, 0) is 0 Å². The maximum atomic E-state index is 5.21. The van der Waals surface area contributed by atoms with Crippen molar-refractivity contribution in [1.29, 1.82) is 0 Å². The van der Waals surface area contributed by atoms with E-state index < -0.39 is 0 Å². The molecule has 50 valence electrons. The summed E-state index contributed by atoms with van der Waals surface area (Å²) in [4.78, 5) is 0. The lowest BCUT2D eigenvalue weighted by Crippen LogP contribution is -2.38. The molecule has 0 fully saturated rings. The Morgan fingerprint density at radius 2 is 1.75 bits per heavy atom. The zero-order chi connectivity index (χ0) is 6.41. The summed E-state index contributed by atoms with van der Waals surface area (Å²) in [6, 6.07) is 0. The van der Waals surface area contributed by atoms with Crippen molar-refractivity contribution in [1.82, 2.24) is 5.12 Å². The van der Waals surface area contributed by atoms with E-state index in [4.69, 9.17) is 17.4 Å². The van der Waals surface area contributed by atoms with E-state index in [-0.39, 0.29) is 0 Å². The molecule has 0 saturated heterocycles. The van der Waals surface area contributed by atoms with Gasteiger partial charge in [-0.05, 0) is 19.4 Å². The molecular formula is C4H14N4. The van der Waals surface area contributed by atoms with Gasteiger partial charge in [0.1, 0.15) is 0 Å². The van der Waals surface area contributed by atoms with Gasteiger partial charge >= 0.3 is 0 Å². The third kappa shape index (κ3) is 5.84. The molecule has 4 nitrogen and oxygen atoms in total. The van der Waals surface area contributed by atoms with Crippen LogP contribution in [0.15, 0.2) is 0 Å². The molecule has 0 radical (unpaired) electrons. The zero-order valence-corrected chi connectivity index (χ0v) is 5.01. The van der Waals surface area contributed by atoms with Gasteiger partial charge in [-0.25, -0.2) is 0 Å². The molecular weight excluding hydrogens is 104 g/mol. The molecule has 0 heterocycles. The lowest BCUT2D eigenvalue weighted by atomic mass is 10.3. The molecule has 0 unspecified atom stereocenters. The summed E-state index contributed by atoms with van der Waals surface area (Å²) < 4.78 is 0. The predicted octanol–water partition coefficient (Wildman–Crippen LogP) is -1.23. The van der Waals surface area contributed by atoms with E-state index in [1.807, 2.05) is 0 Å². The fraction of sp³-hybridized carbons (Fsp3) is 1.00. The molecule has 0 atom stereocenters. The van der Waals surface area contributed by atoms with Gasteiger partial charge in [0, 0.05) is 6.54 Å². The fourth-order valence-corrected chi connectivity index (χ4v) is 0.439. The van der Waals surface area contributed by atoms with E-state index in [1.54, 1.807) is 0 Å². The summed E-state index contributed by atoms with van der Waals surface area (Å²) in [5, 5.41) is 1.18. The Hall–Kier alpha value is -0.160. The largest absolute Gasteiger partial charge is 0.330 e. The normalized spacial score (nSPS) is 10.5. The van der Waals surface area contributed by atoms with Gasteiger partial charge in [0.15, 0.2) is 0 Å². The van der Waals surface area contributed by atoms with Crippen molar-refractivity contribution in [2.24, 2.45) is 17.4 Å². The minimum absolute atomic E-state index is 0.716. The Bertz CT molecular complexity index is 45.3. The summed E-state index contributed by atoms with van der Waals surface area (Å²) in [5.41, 5.74) is 5.21. The van der Waals surface area contributed by atoms with Crippen molar-refractivity contribution in [3.63, 3.8) is 0 Å². The first-order valence-electron chi connectivity index (χ1n) is 2.74. The molecule has 0 aliphatic heterocycles. The van der Waals surface area contributed by atoms with E-state index in [9.17, 15) is 0 Å². The van der Waals surface area contributed by atoms with Crippen molar-refractivity contribution in [2.75, 3.05) is 13.1 Å². The van der Waals surface area contributed by atoms with Crippen molar-refractivity contribution in [3.05, 3.63) is 0 Å². The molecule has 6 N–H and O–H groups in total. The highest BCUT2D eigenvalue weighted by Gasteiger charge is 1.87. The standard InChI is InChI=1S/C4H14N4/c5-3-1-2-4-8(6)7/h1-7H2. The van der Waals surface area contributed by atoms with Crippen LogP contribution in [0, 0.1) is 0 Å². The van der Waals surface area contributed by atoms with Crippen LogP contribution < -0.4 is 17.4 Å². The second-order valence-corrected chi connectivity index (χ2v) is 1.73. The molecule has 0 rings (SSSR count). The summed E-state index contributed by atoms with van der Waals surface area (Å²) >= 11 is 0. The highest BCUT2D eigenvalue weighted by molar-refractivity contribution is 4.41. The van der Waals surface area contributed by atoms with Gasteiger partial charge in [-0.1, -0.05) is 0 Å². The molecule has 8 heavy (non-hydrogen) atoms. The number of unbranched alkanes of at least 4 members (excludes halogenated alkanes) is 1. The molecule has 0 aromatic heterocycles. The van der Waals surface area contributed by atoms with Gasteiger partial charge in [0.2, 0.25) is 0 Å². The summed E-state index contributed by atoms with van der Waals surface area (Å²) in [6.07, 6.45) is 1.97. The van der Waals surface area contributed by atoms with Crippen LogP contribution >= 0.6 is 0 Å². The Balaban J connectivity index is 2.72. The number of rotatable bonds is 4. The van der Waals surface area contributed by atoms with Crippen molar-refractivity contribution >= 4 is 0 Å². The maximum absolute atomic E-state index is 5.21. The van der Waals surface area contributed by atoms with Crippen molar-refractivity contribution < 1.29 is 0 Å². The quantitative estimate of drug-likeness (QED) is 0.245. The Morgan fingerprint density at radius 3 is 2.12 bits per heavy atom. The number of nitrogens with two attached hydrogens (primary N) is 3. The molecule has 0 spiro atoms. The van der Waals surface area contributed by atoms with Crippen LogP contribution in [0.1, 0.15) is 12.8 Å². The van der Waals surface area contributed by atoms with Crippen LogP contribution in [-0.4, -0.2) is 18.2 Å². The van der Waals surface area contributed by atoms with Crippen LogP contribution in [0.25, 0.3) is 0 Å². The fourth-order valence-electron chi connectivity index (χ4n) is 0.439. The second-order valence-electron chi connectivity index (χ2n) is 1.73. The number of hydrazine groups is 2. The molecule has 0 saturated carbocycles. The average molecular weight is 118 g/mol. The van der Waals surface area contributed by atoms with Gasteiger partial charge in [0.25, 0.3) is 0 Å². The Labute approximate surface area is 49.6 Å². The minimum Gasteiger partial charge on any atom is -0.330 e. The summed E-state index contributed by atoms with van der Waals surface area (Å²) in [6.45, 7) is 1.44. The first-order valence-corrected chi connectivity index (χ1v) is 2.74. The van der Waals surface area contributed by atoms with E-state index in [0.717, 1.165) is 19.4 Å². The first kappa shape index (κ1) is 7.84. The van der Waals surface area contributed by atoms with Crippen molar-refractivity contribution in [2.45, 2.75) is 12.8 Å². The van der Waals surface area contributed by atoms with Crippen LogP contribution in [0.5, 0.6) is 0 Å². The predicted molar refractivity (Wildman–Crippen MR) is 33.4 cm³/mol. The minimum atomic E-state index is 0.716. The highest BCUT2D eigenvalue weighted by atomic mass is 15.6. The van der Waals surface area contributed by atoms with Gasteiger partial charge in [-0.15, -0.1) is 0 Å². The summed E-state index contributed by atoms with van der Waals surface area (Å²) in [7, 11) is 0. The lowest BCUT2D eigenvalue weighted by molar-refractivity contribution is 0.288. The highest BCUT2D eigenvalue weighted by Crippen LogP contribution is 1.83. The Kier molecular flexibility index (Phi) is 4.89. The molecule has 0 amide bonds. The maximum Gasteiger partial charge on any atom is 0.0283 e. The lowest BCUT2D eigenvalue weighted by Gasteiger charge is -2.06. The third-order valence-electron chi connectivity index (χ3n) is 0.870. The smallest absolute Gasteiger partial charge is 0.0283 e. The zero-order valence-electron chi connectivity index (χ0n) is 5.01. The summed E-state index contributed by atoms with van der Waals surface area (Å²) in [5.74, 6) is 10.2. The molecule has 0 aromatic rings. The molecule has 0 aliphatic carbocycles. The Morgan fingerprint density at radius 1 is 1.12 bits per heavy atom.